The summed E-state index contributed by atoms with van der Waals surface area (Å²) in [4.78, 5) is 2.39. The number of hydrogen-bond acceptors (Lipinski definition) is 3. The lowest BCUT2D eigenvalue weighted by Gasteiger charge is -2.28. The van der Waals surface area contributed by atoms with E-state index >= 15 is 0 Å². The number of nitriles is 1. The molecule has 1 aliphatic carbocycles. The fourth-order valence-electron chi connectivity index (χ4n) is 2.11. The molecule has 2 N–H and O–H groups in total. The van der Waals surface area contributed by atoms with Crippen LogP contribution in [0.25, 0.3) is 0 Å². The molecule has 0 radical (unpaired) electrons. The van der Waals surface area contributed by atoms with E-state index in [4.69, 9.17) is 11.0 Å². The molecular weight excluding hydrogens is 210 g/mol. The van der Waals surface area contributed by atoms with Gasteiger partial charge in [0, 0.05) is 12.6 Å². The zero-order chi connectivity index (χ0) is 12.4. The van der Waals surface area contributed by atoms with Crippen molar-refractivity contribution in [3.8, 4) is 6.07 Å². The van der Waals surface area contributed by atoms with Crippen molar-refractivity contribution in [3.05, 3.63) is 23.8 Å². The van der Waals surface area contributed by atoms with Crippen LogP contribution >= 0.6 is 0 Å². The van der Waals surface area contributed by atoms with Gasteiger partial charge in [0.05, 0.1) is 23.0 Å². The minimum Gasteiger partial charge on any atom is -0.397 e. The van der Waals surface area contributed by atoms with Gasteiger partial charge < -0.3 is 10.6 Å². The second kappa shape index (κ2) is 4.67. The number of nitrogen functional groups attached to an aromatic ring is 1. The molecule has 1 fully saturated rings. The van der Waals surface area contributed by atoms with E-state index in [-0.39, 0.29) is 0 Å². The molecule has 0 aliphatic heterocycles. The molecule has 1 aromatic carbocycles. The van der Waals surface area contributed by atoms with Gasteiger partial charge in [0.15, 0.2) is 0 Å². The van der Waals surface area contributed by atoms with E-state index in [0.717, 1.165) is 17.9 Å². The number of benzene rings is 1. The standard InChI is InChI=1S/C14H19N3/c1-10(2)9-17(12-4-5-12)14-6-3-11(8-15)7-13(14)16/h3,6-7,10,12H,4-5,9,16H2,1-2H3. The van der Waals surface area contributed by atoms with E-state index in [1.807, 2.05) is 12.1 Å². The van der Waals surface area contributed by atoms with Crippen LogP contribution < -0.4 is 10.6 Å². The third kappa shape index (κ3) is 2.71. The second-order valence-electron chi connectivity index (χ2n) is 5.16. The Balaban J connectivity index is 2.26. The molecule has 90 valence electrons. The maximum Gasteiger partial charge on any atom is 0.0992 e. The Morgan fingerprint density at radius 3 is 2.65 bits per heavy atom. The summed E-state index contributed by atoms with van der Waals surface area (Å²) in [7, 11) is 0. The minimum absolute atomic E-state index is 0.616. The quantitative estimate of drug-likeness (QED) is 0.808. The summed E-state index contributed by atoms with van der Waals surface area (Å²) < 4.78 is 0. The van der Waals surface area contributed by atoms with Gasteiger partial charge in [0.25, 0.3) is 0 Å². The highest BCUT2D eigenvalue weighted by Gasteiger charge is 2.30. The Kier molecular flexibility index (Phi) is 3.23. The Bertz CT molecular complexity index is 441. The second-order valence-corrected chi connectivity index (χ2v) is 5.16. The predicted molar refractivity (Wildman–Crippen MR) is 70.8 cm³/mol. The number of nitrogens with zero attached hydrogens (tertiary/aromatic N) is 2. The first kappa shape index (κ1) is 11.8. The molecule has 17 heavy (non-hydrogen) atoms. The third-order valence-corrected chi connectivity index (χ3v) is 3.02. The first-order valence-electron chi connectivity index (χ1n) is 6.18. The molecule has 0 aromatic heterocycles. The van der Waals surface area contributed by atoms with Crippen molar-refractivity contribution >= 4 is 11.4 Å². The maximum atomic E-state index is 8.84. The molecule has 0 saturated heterocycles. The highest BCUT2D eigenvalue weighted by Crippen LogP contribution is 2.35. The van der Waals surface area contributed by atoms with Gasteiger partial charge in [-0.25, -0.2) is 0 Å². The highest BCUT2D eigenvalue weighted by atomic mass is 15.2. The SMILES string of the molecule is CC(C)CN(c1ccc(C#N)cc1N)C1CC1. The van der Waals surface area contributed by atoms with Gasteiger partial charge in [-0.1, -0.05) is 13.8 Å². The van der Waals surface area contributed by atoms with Crippen LogP contribution in [-0.2, 0) is 0 Å². The van der Waals surface area contributed by atoms with Gasteiger partial charge in [-0.05, 0) is 37.0 Å². The summed E-state index contributed by atoms with van der Waals surface area (Å²) in [5.74, 6) is 0.616. The Morgan fingerprint density at radius 1 is 1.47 bits per heavy atom. The summed E-state index contributed by atoms with van der Waals surface area (Å²) in [6, 6.07) is 8.37. The van der Waals surface area contributed by atoms with Crippen molar-refractivity contribution in [2.45, 2.75) is 32.7 Å². The lowest BCUT2D eigenvalue weighted by Crippen LogP contribution is -2.30. The van der Waals surface area contributed by atoms with Crippen LogP contribution in [0.15, 0.2) is 18.2 Å². The molecule has 1 saturated carbocycles. The topological polar surface area (TPSA) is 53.0 Å². The van der Waals surface area contributed by atoms with Crippen LogP contribution in [0.1, 0.15) is 32.3 Å². The molecule has 0 unspecified atom stereocenters. The van der Waals surface area contributed by atoms with Crippen molar-refractivity contribution in [3.63, 3.8) is 0 Å². The number of nitrogens with two attached hydrogens (primary N) is 1. The molecule has 0 amide bonds. The Labute approximate surface area is 103 Å². The average molecular weight is 229 g/mol. The van der Waals surface area contributed by atoms with Crippen LogP contribution in [0.5, 0.6) is 0 Å². The monoisotopic (exact) mass is 229 g/mol. The highest BCUT2D eigenvalue weighted by molar-refractivity contribution is 5.70. The van der Waals surface area contributed by atoms with E-state index < -0.39 is 0 Å². The lowest BCUT2D eigenvalue weighted by atomic mass is 10.1. The van der Waals surface area contributed by atoms with Crippen molar-refractivity contribution < 1.29 is 0 Å². The largest absolute Gasteiger partial charge is 0.397 e. The van der Waals surface area contributed by atoms with Crippen molar-refractivity contribution in [1.29, 1.82) is 5.26 Å². The molecule has 0 heterocycles. The molecule has 1 aliphatic rings. The van der Waals surface area contributed by atoms with Gasteiger partial charge in [0.2, 0.25) is 0 Å². The number of rotatable bonds is 4. The van der Waals surface area contributed by atoms with E-state index in [1.165, 1.54) is 12.8 Å². The zero-order valence-electron chi connectivity index (χ0n) is 10.5. The van der Waals surface area contributed by atoms with Crippen molar-refractivity contribution in [2.24, 2.45) is 5.92 Å². The van der Waals surface area contributed by atoms with Gasteiger partial charge in [-0.2, -0.15) is 5.26 Å². The first-order chi connectivity index (χ1) is 8.11. The normalized spacial score (nSPS) is 14.7. The van der Waals surface area contributed by atoms with Gasteiger partial charge in [-0.3, -0.25) is 0 Å². The Hall–Kier alpha value is -1.69. The number of anilines is 2. The smallest absolute Gasteiger partial charge is 0.0992 e. The molecule has 0 atom stereocenters. The van der Waals surface area contributed by atoms with Crippen molar-refractivity contribution in [2.75, 3.05) is 17.2 Å². The Morgan fingerprint density at radius 2 is 2.18 bits per heavy atom. The van der Waals surface area contributed by atoms with Gasteiger partial charge >= 0.3 is 0 Å². The van der Waals surface area contributed by atoms with Crippen LogP contribution in [0.2, 0.25) is 0 Å². The average Bonchev–Trinajstić information content (AvgIpc) is 3.09. The molecule has 2 rings (SSSR count). The molecular formula is C14H19N3. The number of hydrogen-bond donors (Lipinski definition) is 1. The molecule has 0 spiro atoms. The van der Waals surface area contributed by atoms with Crippen LogP contribution in [-0.4, -0.2) is 12.6 Å². The van der Waals surface area contributed by atoms with E-state index in [9.17, 15) is 0 Å². The van der Waals surface area contributed by atoms with Gasteiger partial charge in [0.1, 0.15) is 0 Å². The van der Waals surface area contributed by atoms with Crippen LogP contribution in [0, 0.1) is 17.2 Å². The van der Waals surface area contributed by atoms with Crippen molar-refractivity contribution in [1.82, 2.24) is 0 Å². The van der Waals surface area contributed by atoms with Crippen LogP contribution in [0.3, 0.4) is 0 Å². The first-order valence-corrected chi connectivity index (χ1v) is 6.18. The molecule has 0 bridgehead atoms. The third-order valence-electron chi connectivity index (χ3n) is 3.02. The minimum atomic E-state index is 0.616. The lowest BCUT2D eigenvalue weighted by molar-refractivity contribution is 0.608. The molecule has 1 aromatic rings. The molecule has 3 heteroatoms. The maximum absolute atomic E-state index is 8.84. The predicted octanol–water partition coefficient (Wildman–Crippen LogP) is 2.77. The summed E-state index contributed by atoms with van der Waals surface area (Å²) in [5, 5.41) is 8.84. The summed E-state index contributed by atoms with van der Waals surface area (Å²) in [5.41, 5.74) is 8.48. The van der Waals surface area contributed by atoms with E-state index in [2.05, 4.69) is 24.8 Å². The van der Waals surface area contributed by atoms with E-state index in [1.54, 1.807) is 6.07 Å². The molecule has 3 nitrogen and oxygen atoms in total. The summed E-state index contributed by atoms with van der Waals surface area (Å²) in [6.07, 6.45) is 2.51. The van der Waals surface area contributed by atoms with Gasteiger partial charge in [-0.15, -0.1) is 0 Å². The van der Waals surface area contributed by atoms with Crippen LogP contribution in [0.4, 0.5) is 11.4 Å². The fraction of sp³-hybridized carbons (Fsp3) is 0.500. The summed E-state index contributed by atoms with van der Waals surface area (Å²) in [6.45, 7) is 5.46. The fourth-order valence-corrected chi connectivity index (χ4v) is 2.11. The van der Waals surface area contributed by atoms with E-state index in [0.29, 0.717) is 17.5 Å². The summed E-state index contributed by atoms with van der Waals surface area (Å²) >= 11 is 0. The zero-order valence-corrected chi connectivity index (χ0v) is 10.5.